The number of hydrogen-bond acceptors (Lipinski definition) is 8. The maximum atomic E-state index is 11.4. The van der Waals surface area contributed by atoms with Crippen molar-refractivity contribution in [2.45, 2.75) is 50.8 Å². The number of methoxy groups -OCH3 is 1. The third kappa shape index (κ3) is 3.41. The molecule has 1 aliphatic rings. The standard InChI is InChI=1S/C19H21N3O3S2/c1-10-12-8-25-19(2,3)7-11(12)14-15-16(27-17(14)22-10)18(21-9-20-15)26-6-5-13(23)24-4/h9H,5-8H2,1-4H3. The highest BCUT2D eigenvalue weighted by molar-refractivity contribution is 7.99. The SMILES string of the molecule is COC(=O)CCSc1ncnc2c1sc1nc(C)c3c(c12)CC(C)(C)OC3. The molecule has 8 heteroatoms. The molecular weight excluding hydrogens is 382 g/mol. The lowest BCUT2D eigenvalue weighted by atomic mass is 9.89. The van der Waals surface area contributed by atoms with Crippen LogP contribution in [0.1, 0.15) is 37.1 Å². The van der Waals surface area contributed by atoms with E-state index in [9.17, 15) is 4.79 Å². The van der Waals surface area contributed by atoms with Gasteiger partial charge >= 0.3 is 5.97 Å². The van der Waals surface area contributed by atoms with Crippen molar-refractivity contribution >= 4 is 49.5 Å². The Kier molecular flexibility index (Phi) is 4.82. The molecule has 4 rings (SSSR count). The summed E-state index contributed by atoms with van der Waals surface area (Å²) >= 11 is 3.18. The molecule has 0 radical (unpaired) electrons. The van der Waals surface area contributed by atoms with E-state index in [-0.39, 0.29) is 11.6 Å². The van der Waals surface area contributed by atoms with Crippen molar-refractivity contribution < 1.29 is 14.3 Å². The minimum absolute atomic E-state index is 0.201. The average Bonchev–Trinajstić information content (AvgIpc) is 2.99. The summed E-state index contributed by atoms with van der Waals surface area (Å²) in [5.41, 5.74) is 4.25. The predicted molar refractivity (Wildman–Crippen MR) is 107 cm³/mol. The van der Waals surface area contributed by atoms with Crippen LogP contribution in [-0.2, 0) is 27.3 Å². The fourth-order valence-electron chi connectivity index (χ4n) is 3.38. The van der Waals surface area contributed by atoms with Crippen LogP contribution in [0, 0.1) is 6.92 Å². The van der Waals surface area contributed by atoms with Gasteiger partial charge in [-0.2, -0.15) is 0 Å². The van der Waals surface area contributed by atoms with Crippen molar-refractivity contribution in [2.24, 2.45) is 0 Å². The monoisotopic (exact) mass is 403 g/mol. The first-order valence-corrected chi connectivity index (χ1v) is 10.6. The number of carbonyl (C=O) groups is 1. The van der Waals surface area contributed by atoms with Crippen LogP contribution in [0.25, 0.3) is 20.4 Å². The average molecular weight is 404 g/mol. The Morgan fingerprint density at radius 2 is 2.19 bits per heavy atom. The quantitative estimate of drug-likeness (QED) is 0.369. The molecule has 0 saturated heterocycles. The van der Waals surface area contributed by atoms with Gasteiger partial charge in [-0.3, -0.25) is 4.79 Å². The largest absolute Gasteiger partial charge is 0.469 e. The van der Waals surface area contributed by atoms with Gasteiger partial charge < -0.3 is 9.47 Å². The molecule has 4 heterocycles. The highest BCUT2D eigenvalue weighted by Gasteiger charge is 2.30. The third-order valence-electron chi connectivity index (χ3n) is 4.77. The van der Waals surface area contributed by atoms with Crippen molar-refractivity contribution in [1.82, 2.24) is 15.0 Å². The second kappa shape index (κ2) is 7.00. The lowest BCUT2D eigenvalue weighted by molar-refractivity contribution is -0.140. The van der Waals surface area contributed by atoms with Crippen LogP contribution < -0.4 is 0 Å². The van der Waals surface area contributed by atoms with E-state index < -0.39 is 0 Å². The number of esters is 1. The molecule has 3 aromatic heterocycles. The Labute approximate surface area is 165 Å². The van der Waals surface area contributed by atoms with Gasteiger partial charge in [0, 0.05) is 28.8 Å². The fraction of sp³-hybridized carbons (Fsp3) is 0.474. The molecule has 0 bridgehead atoms. The molecule has 0 aliphatic carbocycles. The number of thiophene rings is 1. The Morgan fingerprint density at radius 3 is 2.96 bits per heavy atom. The van der Waals surface area contributed by atoms with Crippen molar-refractivity contribution in [1.29, 1.82) is 0 Å². The summed E-state index contributed by atoms with van der Waals surface area (Å²) in [4.78, 5) is 26.2. The molecule has 0 N–H and O–H groups in total. The van der Waals surface area contributed by atoms with E-state index >= 15 is 0 Å². The summed E-state index contributed by atoms with van der Waals surface area (Å²) in [6.07, 6.45) is 2.80. The molecule has 6 nitrogen and oxygen atoms in total. The van der Waals surface area contributed by atoms with Crippen LogP contribution in [0.5, 0.6) is 0 Å². The summed E-state index contributed by atoms with van der Waals surface area (Å²) in [5.74, 6) is 0.413. The van der Waals surface area contributed by atoms with Gasteiger partial charge in [0.05, 0.1) is 36.0 Å². The molecular formula is C19H21N3O3S2. The van der Waals surface area contributed by atoms with Crippen molar-refractivity contribution in [3.63, 3.8) is 0 Å². The number of hydrogen-bond donors (Lipinski definition) is 0. The van der Waals surface area contributed by atoms with Gasteiger partial charge in [-0.15, -0.1) is 23.1 Å². The minimum atomic E-state index is -0.210. The molecule has 0 aromatic carbocycles. The molecule has 27 heavy (non-hydrogen) atoms. The summed E-state index contributed by atoms with van der Waals surface area (Å²) in [6, 6.07) is 0. The molecule has 1 aliphatic heterocycles. The zero-order chi connectivity index (χ0) is 19.2. The van der Waals surface area contributed by atoms with E-state index in [0.717, 1.165) is 37.6 Å². The molecule has 142 valence electrons. The Balaban J connectivity index is 1.82. The second-order valence-electron chi connectivity index (χ2n) is 7.19. The van der Waals surface area contributed by atoms with Gasteiger partial charge in [0.25, 0.3) is 0 Å². The van der Waals surface area contributed by atoms with Crippen LogP contribution >= 0.6 is 23.1 Å². The van der Waals surface area contributed by atoms with E-state index in [1.807, 2.05) is 6.92 Å². The molecule has 0 unspecified atom stereocenters. The second-order valence-corrected chi connectivity index (χ2v) is 9.28. The van der Waals surface area contributed by atoms with Gasteiger partial charge in [0.1, 0.15) is 16.2 Å². The smallest absolute Gasteiger partial charge is 0.306 e. The van der Waals surface area contributed by atoms with Crippen LogP contribution in [0.4, 0.5) is 0 Å². The lowest BCUT2D eigenvalue weighted by Crippen LogP contribution is -2.32. The Hall–Kier alpha value is -1.77. The maximum Gasteiger partial charge on any atom is 0.306 e. The van der Waals surface area contributed by atoms with Gasteiger partial charge in [-0.1, -0.05) is 0 Å². The fourth-order valence-corrected chi connectivity index (χ4v) is 5.59. The van der Waals surface area contributed by atoms with E-state index in [0.29, 0.717) is 18.8 Å². The van der Waals surface area contributed by atoms with E-state index in [1.165, 1.54) is 18.2 Å². The van der Waals surface area contributed by atoms with Gasteiger partial charge in [-0.05, 0) is 26.3 Å². The Bertz CT molecular complexity index is 1050. The van der Waals surface area contributed by atoms with Gasteiger partial charge in [0.2, 0.25) is 0 Å². The molecule has 0 amide bonds. The van der Waals surface area contributed by atoms with E-state index in [2.05, 4.69) is 23.8 Å². The number of rotatable bonds is 4. The first kappa shape index (κ1) is 18.6. The first-order chi connectivity index (χ1) is 12.9. The first-order valence-electron chi connectivity index (χ1n) is 8.79. The van der Waals surface area contributed by atoms with Gasteiger partial charge in [-0.25, -0.2) is 15.0 Å². The van der Waals surface area contributed by atoms with Crippen molar-refractivity contribution in [3.05, 3.63) is 23.1 Å². The molecule has 3 aromatic rings. The van der Waals surface area contributed by atoms with Crippen LogP contribution in [0.2, 0.25) is 0 Å². The molecule has 0 fully saturated rings. The predicted octanol–water partition coefficient (Wildman–Crippen LogP) is 4.05. The van der Waals surface area contributed by atoms with Gasteiger partial charge in [0.15, 0.2) is 0 Å². The van der Waals surface area contributed by atoms with Crippen LogP contribution in [0.3, 0.4) is 0 Å². The van der Waals surface area contributed by atoms with Crippen molar-refractivity contribution in [3.8, 4) is 0 Å². The van der Waals surface area contributed by atoms with E-state index in [4.69, 9.17) is 14.5 Å². The van der Waals surface area contributed by atoms with Crippen LogP contribution in [0.15, 0.2) is 11.4 Å². The number of thioether (sulfide) groups is 1. The highest BCUT2D eigenvalue weighted by Crippen LogP contribution is 2.42. The third-order valence-corrected chi connectivity index (χ3v) is 6.97. The maximum absolute atomic E-state index is 11.4. The summed E-state index contributed by atoms with van der Waals surface area (Å²) < 4.78 is 11.8. The molecule has 0 spiro atoms. The number of aryl methyl sites for hydroxylation is 1. The lowest BCUT2D eigenvalue weighted by Gasteiger charge is -2.32. The van der Waals surface area contributed by atoms with Crippen LogP contribution in [-0.4, -0.2) is 39.4 Å². The highest BCUT2D eigenvalue weighted by atomic mass is 32.2. The number of fused-ring (bicyclic) bond motifs is 5. The van der Waals surface area contributed by atoms with Crippen molar-refractivity contribution in [2.75, 3.05) is 12.9 Å². The number of pyridine rings is 1. The topological polar surface area (TPSA) is 74.2 Å². The summed E-state index contributed by atoms with van der Waals surface area (Å²) in [5, 5.41) is 2.02. The minimum Gasteiger partial charge on any atom is -0.469 e. The summed E-state index contributed by atoms with van der Waals surface area (Å²) in [7, 11) is 1.41. The summed E-state index contributed by atoms with van der Waals surface area (Å²) in [6.45, 7) is 6.87. The zero-order valence-electron chi connectivity index (χ0n) is 15.8. The number of carbonyl (C=O) groups excluding carboxylic acids is 1. The molecule has 0 saturated carbocycles. The molecule has 0 atom stereocenters. The van der Waals surface area contributed by atoms with E-state index in [1.54, 1.807) is 29.4 Å². The zero-order valence-corrected chi connectivity index (χ0v) is 17.4. The number of aromatic nitrogens is 3. The number of ether oxygens (including phenoxy) is 2. The Morgan fingerprint density at radius 1 is 1.37 bits per heavy atom. The number of nitrogens with zero attached hydrogens (tertiary/aromatic N) is 3. The normalized spacial score (nSPS) is 15.9.